The molecule has 1 atom stereocenters. The molecule has 0 unspecified atom stereocenters. The number of rotatable bonds is 5. The fraction of sp³-hybridized carbons (Fsp3) is 0.909. The van der Waals surface area contributed by atoms with Crippen LogP contribution in [-0.4, -0.2) is 54.5 Å². The van der Waals surface area contributed by atoms with E-state index in [-0.39, 0.29) is 0 Å². The van der Waals surface area contributed by atoms with Gasteiger partial charge in [0.2, 0.25) is 0 Å². The lowest BCUT2D eigenvalue weighted by Crippen LogP contribution is -2.47. The second-order valence-corrected chi connectivity index (χ2v) is 4.11. The number of nitrogens with zero attached hydrogens (tertiary/aromatic N) is 3. The van der Waals surface area contributed by atoms with Crippen molar-refractivity contribution < 1.29 is 0 Å². The van der Waals surface area contributed by atoms with E-state index in [0.29, 0.717) is 6.04 Å². The molecular formula is C11H24N4. The van der Waals surface area contributed by atoms with Gasteiger partial charge in [0.25, 0.3) is 0 Å². The van der Waals surface area contributed by atoms with Crippen LogP contribution in [0.1, 0.15) is 27.2 Å². The summed E-state index contributed by atoms with van der Waals surface area (Å²) in [6.45, 7) is 11.7. The largest absolute Gasteiger partial charge is 0.370 e. The molecule has 1 aliphatic rings. The van der Waals surface area contributed by atoms with Gasteiger partial charge in [-0.3, -0.25) is 9.89 Å². The number of nitrogens with two attached hydrogens (primary N) is 1. The molecule has 0 aromatic rings. The van der Waals surface area contributed by atoms with E-state index in [0.717, 1.165) is 38.7 Å². The smallest absolute Gasteiger partial charge is 0.191 e. The number of aliphatic imine (C=N–C) groups is 1. The van der Waals surface area contributed by atoms with Gasteiger partial charge >= 0.3 is 0 Å². The number of guanidine groups is 1. The highest BCUT2D eigenvalue weighted by atomic mass is 15.3. The van der Waals surface area contributed by atoms with Crippen LogP contribution in [0.3, 0.4) is 0 Å². The molecule has 0 radical (unpaired) electrons. The molecule has 0 aromatic carbocycles. The van der Waals surface area contributed by atoms with Crippen molar-refractivity contribution in [2.24, 2.45) is 10.7 Å². The van der Waals surface area contributed by atoms with Crippen LogP contribution in [0.4, 0.5) is 0 Å². The third kappa shape index (κ3) is 3.38. The Morgan fingerprint density at radius 2 is 2.00 bits per heavy atom. The maximum Gasteiger partial charge on any atom is 0.191 e. The minimum Gasteiger partial charge on any atom is -0.370 e. The van der Waals surface area contributed by atoms with Gasteiger partial charge in [-0.2, -0.15) is 0 Å². The molecule has 0 bridgehead atoms. The highest BCUT2D eigenvalue weighted by Crippen LogP contribution is 2.05. The number of hydrogen-bond acceptors (Lipinski definition) is 2. The summed E-state index contributed by atoms with van der Waals surface area (Å²) in [5, 5.41) is 0. The Labute approximate surface area is 93.1 Å². The van der Waals surface area contributed by atoms with Gasteiger partial charge in [-0.1, -0.05) is 13.8 Å². The molecule has 1 rings (SSSR count). The Morgan fingerprint density at radius 1 is 1.40 bits per heavy atom. The quantitative estimate of drug-likeness (QED) is 0.540. The van der Waals surface area contributed by atoms with Gasteiger partial charge in [0, 0.05) is 19.1 Å². The second-order valence-electron chi connectivity index (χ2n) is 4.11. The van der Waals surface area contributed by atoms with Crippen molar-refractivity contribution in [3.63, 3.8) is 0 Å². The zero-order valence-electron chi connectivity index (χ0n) is 10.2. The van der Waals surface area contributed by atoms with Gasteiger partial charge < -0.3 is 10.6 Å². The summed E-state index contributed by atoms with van der Waals surface area (Å²) in [7, 11) is 0. The fourth-order valence-electron chi connectivity index (χ4n) is 1.83. The van der Waals surface area contributed by atoms with Crippen molar-refractivity contribution in [3.05, 3.63) is 0 Å². The number of hydrogen-bond donors (Lipinski definition) is 1. The number of likely N-dealkylation sites (tertiary alicyclic amines) is 1. The molecule has 0 aliphatic carbocycles. The Kier molecular flexibility index (Phi) is 4.88. The first-order chi connectivity index (χ1) is 7.19. The van der Waals surface area contributed by atoms with Crippen LogP contribution < -0.4 is 5.73 Å². The van der Waals surface area contributed by atoms with Crippen LogP contribution in [0.25, 0.3) is 0 Å². The molecule has 15 heavy (non-hydrogen) atoms. The summed E-state index contributed by atoms with van der Waals surface area (Å²) >= 11 is 0. The lowest BCUT2D eigenvalue weighted by atomic mass is 10.2. The molecule has 4 heteroatoms. The molecule has 0 aromatic heterocycles. The van der Waals surface area contributed by atoms with E-state index >= 15 is 0 Å². The fourth-order valence-corrected chi connectivity index (χ4v) is 1.83. The monoisotopic (exact) mass is 212 g/mol. The first kappa shape index (κ1) is 12.3. The number of likely N-dealkylation sites (N-methyl/N-ethyl adjacent to an activating group) is 1. The molecule has 88 valence electrons. The SMILES string of the molecule is CCN(CC)[C@H](C)CN=C(N)N1CCC1. The molecule has 4 nitrogen and oxygen atoms in total. The van der Waals surface area contributed by atoms with Crippen molar-refractivity contribution in [1.29, 1.82) is 0 Å². The third-order valence-corrected chi connectivity index (χ3v) is 3.13. The minimum atomic E-state index is 0.486. The zero-order valence-corrected chi connectivity index (χ0v) is 10.2. The standard InChI is InChI=1S/C11H24N4/c1-4-14(5-2)10(3)9-13-11(12)15-7-6-8-15/h10H,4-9H2,1-3H3,(H2,12,13)/t10-/m1/s1. The van der Waals surface area contributed by atoms with Crippen LogP contribution in [0.15, 0.2) is 4.99 Å². The average Bonchev–Trinajstić information content (AvgIpc) is 2.14. The average molecular weight is 212 g/mol. The first-order valence-electron chi connectivity index (χ1n) is 5.98. The maximum absolute atomic E-state index is 5.87. The van der Waals surface area contributed by atoms with Crippen LogP contribution in [0, 0.1) is 0 Å². The summed E-state index contributed by atoms with van der Waals surface area (Å²) < 4.78 is 0. The lowest BCUT2D eigenvalue weighted by Gasteiger charge is -2.32. The van der Waals surface area contributed by atoms with E-state index in [2.05, 4.69) is 35.6 Å². The summed E-state index contributed by atoms with van der Waals surface area (Å²) in [6.07, 6.45) is 1.25. The van der Waals surface area contributed by atoms with Crippen molar-refractivity contribution in [2.45, 2.75) is 33.2 Å². The van der Waals surface area contributed by atoms with Gasteiger partial charge in [0.1, 0.15) is 0 Å². The summed E-state index contributed by atoms with van der Waals surface area (Å²) in [5.74, 6) is 0.722. The first-order valence-corrected chi connectivity index (χ1v) is 5.98. The predicted octanol–water partition coefficient (Wildman–Crippen LogP) is 0.737. The molecule has 0 spiro atoms. The van der Waals surface area contributed by atoms with Gasteiger partial charge in [0.05, 0.1) is 6.54 Å². The molecule has 0 amide bonds. The second kappa shape index (κ2) is 5.95. The van der Waals surface area contributed by atoms with E-state index < -0.39 is 0 Å². The van der Waals surface area contributed by atoms with Crippen LogP contribution in [-0.2, 0) is 0 Å². The van der Waals surface area contributed by atoms with Gasteiger partial charge in [-0.15, -0.1) is 0 Å². The van der Waals surface area contributed by atoms with E-state index in [1.165, 1.54) is 6.42 Å². The summed E-state index contributed by atoms with van der Waals surface area (Å²) in [5.41, 5.74) is 5.87. The highest BCUT2D eigenvalue weighted by Gasteiger charge is 2.16. The van der Waals surface area contributed by atoms with E-state index in [9.17, 15) is 0 Å². The van der Waals surface area contributed by atoms with Gasteiger partial charge in [0.15, 0.2) is 5.96 Å². The molecule has 1 saturated heterocycles. The van der Waals surface area contributed by atoms with Crippen molar-refractivity contribution in [2.75, 3.05) is 32.7 Å². The molecule has 1 heterocycles. The van der Waals surface area contributed by atoms with Crippen molar-refractivity contribution in [3.8, 4) is 0 Å². The molecule has 0 saturated carbocycles. The molecular weight excluding hydrogens is 188 g/mol. The third-order valence-electron chi connectivity index (χ3n) is 3.13. The van der Waals surface area contributed by atoms with E-state index in [1.54, 1.807) is 0 Å². The Morgan fingerprint density at radius 3 is 2.40 bits per heavy atom. The topological polar surface area (TPSA) is 44.9 Å². The van der Waals surface area contributed by atoms with E-state index in [4.69, 9.17) is 5.73 Å². The Balaban J connectivity index is 2.33. The molecule has 1 fully saturated rings. The van der Waals surface area contributed by atoms with Gasteiger partial charge in [-0.25, -0.2) is 0 Å². The van der Waals surface area contributed by atoms with Gasteiger partial charge in [-0.05, 0) is 26.4 Å². The molecule has 1 aliphatic heterocycles. The minimum absolute atomic E-state index is 0.486. The van der Waals surface area contributed by atoms with Crippen LogP contribution >= 0.6 is 0 Å². The van der Waals surface area contributed by atoms with E-state index in [1.807, 2.05) is 0 Å². The van der Waals surface area contributed by atoms with Crippen molar-refractivity contribution in [1.82, 2.24) is 9.80 Å². The maximum atomic E-state index is 5.87. The summed E-state index contributed by atoms with van der Waals surface area (Å²) in [6, 6.07) is 0.486. The lowest BCUT2D eigenvalue weighted by molar-refractivity contribution is 0.235. The summed E-state index contributed by atoms with van der Waals surface area (Å²) in [4.78, 5) is 8.97. The molecule has 2 N–H and O–H groups in total. The highest BCUT2D eigenvalue weighted by molar-refractivity contribution is 5.78. The Hall–Kier alpha value is -0.770. The predicted molar refractivity (Wildman–Crippen MR) is 65.1 cm³/mol. The Bertz CT molecular complexity index is 207. The zero-order chi connectivity index (χ0) is 11.3. The van der Waals surface area contributed by atoms with Crippen LogP contribution in [0.2, 0.25) is 0 Å². The van der Waals surface area contributed by atoms with Crippen molar-refractivity contribution >= 4 is 5.96 Å². The normalized spacial score (nSPS) is 19.2. The van der Waals surface area contributed by atoms with Crippen LogP contribution in [0.5, 0.6) is 0 Å².